The summed E-state index contributed by atoms with van der Waals surface area (Å²) in [5.74, 6) is 1.82. The lowest BCUT2D eigenvalue weighted by Gasteiger charge is -2.16. The van der Waals surface area contributed by atoms with Crippen LogP contribution in [0.2, 0.25) is 0 Å². The molecule has 0 unspecified atom stereocenters. The Labute approximate surface area is 176 Å². The molecular weight excluding hydrogens is 406 g/mol. The molecule has 0 aliphatic heterocycles. The third-order valence-corrected chi connectivity index (χ3v) is 6.52. The number of methoxy groups -OCH3 is 2. The Morgan fingerprint density at radius 3 is 2.30 bits per heavy atom. The molecule has 0 saturated carbocycles. The number of sulfonamides is 1. The molecule has 9 heteroatoms. The van der Waals surface area contributed by atoms with E-state index in [1.54, 1.807) is 6.07 Å². The lowest BCUT2D eigenvalue weighted by Crippen LogP contribution is -2.26. The van der Waals surface area contributed by atoms with Crippen molar-refractivity contribution in [2.24, 2.45) is 0 Å². The van der Waals surface area contributed by atoms with Crippen LogP contribution in [0.1, 0.15) is 31.2 Å². The quantitative estimate of drug-likeness (QED) is 0.537. The van der Waals surface area contributed by atoms with Gasteiger partial charge >= 0.3 is 0 Å². The highest BCUT2D eigenvalue weighted by Crippen LogP contribution is 2.30. The van der Waals surface area contributed by atoms with E-state index in [1.165, 1.54) is 39.0 Å². The van der Waals surface area contributed by atoms with E-state index in [9.17, 15) is 8.42 Å². The predicted octanol–water partition coefficient (Wildman–Crippen LogP) is 3.70. The summed E-state index contributed by atoms with van der Waals surface area (Å²) >= 11 is 0. The molecule has 1 aromatic heterocycles. The third kappa shape index (κ3) is 4.47. The molecule has 30 heavy (non-hydrogen) atoms. The van der Waals surface area contributed by atoms with Crippen molar-refractivity contribution < 1.29 is 22.4 Å². The zero-order chi connectivity index (χ0) is 21.9. The first-order chi connectivity index (χ1) is 14.3. The van der Waals surface area contributed by atoms with Crippen LogP contribution in [0.15, 0.2) is 51.9 Å². The fraction of sp³-hybridized carbons (Fsp3) is 0.333. The van der Waals surface area contributed by atoms with E-state index in [1.807, 2.05) is 24.3 Å². The molecule has 0 fully saturated rings. The zero-order valence-electron chi connectivity index (χ0n) is 17.6. The Morgan fingerprint density at radius 1 is 1.03 bits per heavy atom. The second-order valence-corrected chi connectivity index (χ2v) is 9.11. The summed E-state index contributed by atoms with van der Waals surface area (Å²) in [6.07, 6.45) is 0. The van der Waals surface area contributed by atoms with Gasteiger partial charge in [0.05, 0.1) is 25.7 Å². The van der Waals surface area contributed by atoms with Crippen molar-refractivity contribution in [1.29, 1.82) is 0 Å². The summed E-state index contributed by atoms with van der Waals surface area (Å²) in [6.45, 7) is 4.18. The van der Waals surface area contributed by atoms with Gasteiger partial charge in [0.1, 0.15) is 0 Å². The topological polar surface area (TPSA) is 94.8 Å². The third-order valence-electron chi connectivity index (χ3n) is 4.72. The summed E-state index contributed by atoms with van der Waals surface area (Å²) in [4.78, 5) is 4.41. The minimum absolute atomic E-state index is 0.0618. The molecule has 3 rings (SSSR count). The maximum Gasteiger partial charge on any atom is 0.243 e. The van der Waals surface area contributed by atoms with Crippen LogP contribution in [-0.4, -0.2) is 44.1 Å². The Morgan fingerprint density at radius 2 is 1.70 bits per heavy atom. The van der Waals surface area contributed by atoms with E-state index in [0.717, 1.165) is 9.87 Å². The van der Waals surface area contributed by atoms with E-state index in [2.05, 4.69) is 24.0 Å². The summed E-state index contributed by atoms with van der Waals surface area (Å²) in [5, 5.41) is 3.97. The first kappa shape index (κ1) is 21.8. The molecule has 8 nitrogen and oxygen atoms in total. The minimum Gasteiger partial charge on any atom is -0.493 e. The van der Waals surface area contributed by atoms with Crippen molar-refractivity contribution >= 4 is 10.0 Å². The van der Waals surface area contributed by atoms with Crippen molar-refractivity contribution in [3.05, 3.63) is 53.9 Å². The van der Waals surface area contributed by atoms with E-state index in [-0.39, 0.29) is 17.3 Å². The molecular formula is C21H25N3O5S. The first-order valence-electron chi connectivity index (χ1n) is 9.37. The Kier molecular flexibility index (Phi) is 6.42. The van der Waals surface area contributed by atoms with Crippen molar-refractivity contribution in [3.8, 4) is 22.9 Å². The van der Waals surface area contributed by atoms with Gasteiger partial charge in [0.15, 0.2) is 11.5 Å². The van der Waals surface area contributed by atoms with Crippen LogP contribution in [0.25, 0.3) is 11.4 Å². The number of aromatic nitrogens is 2. The summed E-state index contributed by atoms with van der Waals surface area (Å²) < 4.78 is 42.6. The zero-order valence-corrected chi connectivity index (χ0v) is 18.4. The largest absolute Gasteiger partial charge is 0.493 e. The molecule has 0 amide bonds. The van der Waals surface area contributed by atoms with E-state index >= 15 is 0 Å². The average molecular weight is 432 g/mol. The Hall–Kier alpha value is -2.91. The second-order valence-electron chi connectivity index (χ2n) is 7.07. The van der Waals surface area contributed by atoms with E-state index < -0.39 is 10.0 Å². The standard InChI is InChI=1S/C21H25N3O5S/c1-14(2)15-6-8-16(9-7-15)21-22-20(29-23-21)13-24(3)30(25,26)17-10-11-18(27-4)19(12-17)28-5/h6-12,14H,13H2,1-5H3. The number of rotatable bonds is 8. The maximum atomic E-state index is 12.9. The normalized spacial score (nSPS) is 11.8. The molecule has 0 N–H and O–H groups in total. The van der Waals surface area contributed by atoms with Gasteiger partial charge in [-0.1, -0.05) is 43.3 Å². The van der Waals surface area contributed by atoms with Gasteiger partial charge in [0, 0.05) is 18.7 Å². The Balaban J connectivity index is 1.78. The molecule has 0 saturated heterocycles. The highest BCUT2D eigenvalue weighted by Gasteiger charge is 2.24. The van der Waals surface area contributed by atoms with Gasteiger partial charge in [0.2, 0.25) is 21.7 Å². The minimum atomic E-state index is -3.80. The molecule has 0 radical (unpaired) electrons. The average Bonchev–Trinajstić information content (AvgIpc) is 3.21. The van der Waals surface area contributed by atoms with Crippen LogP contribution in [0.4, 0.5) is 0 Å². The molecule has 0 spiro atoms. The molecule has 1 heterocycles. The lowest BCUT2D eigenvalue weighted by molar-refractivity contribution is 0.336. The molecule has 2 aromatic carbocycles. The lowest BCUT2D eigenvalue weighted by atomic mass is 10.0. The maximum absolute atomic E-state index is 12.9. The van der Waals surface area contributed by atoms with Crippen molar-refractivity contribution in [1.82, 2.24) is 14.4 Å². The van der Waals surface area contributed by atoms with Gasteiger partial charge < -0.3 is 14.0 Å². The molecule has 160 valence electrons. The molecule has 0 aliphatic rings. The van der Waals surface area contributed by atoms with Crippen LogP contribution in [0.5, 0.6) is 11.5 Å². The van der Waals surface area contributed by atoms with Crippen molar-refractivity contribution in [3.63, 3.8) is 0 Å². The first-order valence-corrected chi connectivity index (χ1v) is 10.8. The summed E-state index contributed by atoms with van der Waals surface area (Å²) in [5.41, 5.74) is 2.02. The molecule has 0 bridgehead atoms. The van der Waals surface area contributed by atoms with Gasteiger partial charge in [-0.2, -0.15) is 9.29 Å². The van der Waals surface area contributed by atoms with Crippen LogP contribution >= 0.6 is 0 Å². The smallest absolute Gasteiger partial charge is 0.243 e. The number of hydrogen-bond acceptors (Lipinski definition) is 7. The summed E-state index contributed by atoms with van der Waals surface area (Å²) in [6, 6.07) is 12.3. The van der Waals surface area contributed by atoms with Crippen molar-refractivity contribution in [2.75, 3.05) is 21.3 Å². The second kappa shape index (κ2) is 8.85. The van der Waals surface area contributed by atoms with Crippen LogP contribution in [0, 0.1) is 0 Å². The number of hydrogen-bond donors (Lipinski definition) is 0. The molecule has 0 atom stereocenters. The van der Waals surface area contributed by atoms with Crippen LogP contribution < -0.4 is 9.47 Å². The number of benzene rings is 2. The van der Waals surface area contributed by atoms with Gasteiger partial charge in [-0.15, -0.1) is 0 Å². The highest BCUT2D eigenvalue weighted by molar-refractivity contribution is 7.89. The number of ether oxygens (including phenoxy) is 2. The van der Waals surface area contributed by atoms with Gasteiger partial charge in [-0.25, -0.2) is 8.42 Å². The van der Waals surface area contributed by atoms with E-state index in [4.69, 9.17) is 14.0 Å². The van der Waals surface area contributed by atoms with Gasteiger partial charge in [0.25, 0.3) is 0 Å². The van der Waals surface area contributed by atoms with Crippen molar-refractivity contribution in [2.45, 2.75) is 31.2 Å². The van der Waals surface area contributed by atoms with Gasteiger partial charge in [-0.3, -0.25) is 0 Å². The van der Waals surface area contributed by atoms with Crippen LogP contribution in [-0.2, 0) is 16.6 Å². The Bertz CT molecular complexity index is 1110. The van der Waals surface area contributed by atoms with E-state index in [0.29, 0.717) is 23.2 Å². The molecule has 3 aromatic rings. The monoisotopic (exact) mass is 431 g/mol. The fourth-order valence-electron chi connectivity index (χ4n) is 2.89. The summed E-state index contributed by atoms with van der Waals surface area (Å²) in [7, 11) is 0.594. The molecule has 0 aliphatic carbocycles. The predicted molar refractivity (Wildman–Crippen MR) is 112 cm³/mol. The van der Waals surface area contributed by atoms with Crippen LogP contribution in [0.3, 0.4) is 0 Å². The number of nitrogens with zero attached hydrogens (tertiary/aromatic N) is 3. The highest BCUT2D eigenvalue weighted by atomic mass is 32.2. The van der Waals surface area contributed by atoms with Gasteiger partial charge in [-0.05, 0) is 23.6 Å². The fourth-order valence-corrected chi connectivity index (χ4v) is 4.02. The SMILES string of the molecule is COc1ccc(S(=O)(=O)N(C)Cc2nc(-c3ccc(C(C)C)cc3)no2)cc1OC.